The first-order valence-corrected chi connectivity index (χ1v) is 6.05. The van der Waals surface area contributed by atoms with E-state index in [1.54, 1.807) is 0 Å². The molecule has 2 aliphatic rings. The fourth-order valence-corrected chi connectivity index (χ4v) is 2.37. The Bertz CT molecular complexity index is 192. The number of likely N-dealkylation sites (N-methyl/N-ethyl adjacent to an activating group) is 1. The van der Waals surface area contributed by atoms with Crippen LogP contribution in [-0.2, 0) is 0 Å². The number of β-amino-alcohol motifs (C(OH)–C–C–N with tert-alkyl or cyclic N) is 1. The number of aliphatic hydroxyl groups excluding tert-OH is 1. The quantitative estimate of drug-likeness (QED) is 0.671. The Morgan fingerprint density at radius 1 is 1.00 bits per heavy atom. The summed E-state index contributed by atoms with van der Waals surface area (Å²) < 4.78 is 0. The summed E-state index contributed by atoms with van der Waals surface area (Å²) in [5.41, 5.74) is 0. The van der Waals surface area contributed by atoms with Crippen molar-refractivity contribution in [2.75, 3.05) is 59.4 Å². The minimum Gasteiger partial charge on any atom is -0.392 e. The van der Waals surface area contributed by atoms with Gasteiger partial charge in [0.2, 0.25) is 0 Å². The second kappa shape index (κ2) is 5.25. The number of hydrogen-bond donors (Lipinski definition) is 1. The Morgan fingerprint density at radius 3 is 2.27 bits per heavy atom. The molecule has 88 valence electrons. The second-order valence-electron chi connectivity index (χ2n) is 4.89. The number of likely N-dealkylation sites (tertiary alicyclic amines) is 1. The van der Waals surface area contributed by atoms with Crippen molar-refractivity contribution in [3.63, 3.8) is 0 Å². The zero-order chi connectivity index (χ0) is 10.7. The van der Waals surface area contributed by atoms with Gasteiger partial charge in [0.25, 0.3) is 0 Å². The first-order valence-electron chi connectivity index (χ1n) is 6.05. The van der Waals surface area contributed by atoms with Gasteiger partial charge in [-0.05, 0) is 13.5 Å². The lowest BCUT2D eigenvalue weighted by atomic mass is 10.3. The van der Waals surface area contributed by atoms with Crippen LogP contribution in [0, 0.1) is 0 Å². The lowest BCUT2D eigenvalue weighted by Gasteiger charge is -2.33. The molecule has 0 aromatic heterocycles. The van der Waals surface area contributed by atoms with E-state index < -0.39 is 0 Å². The van der Waals surface area contributed by atoms with Crippen LogP contribution in [0.4, 0.5) is 0 Å². The van der Waals surface area contributed by atoms with Crippen molar-refractivity contribution >= 4 is 0 Å². The number of rotatable bonds is 3. The number of hydrogen-bond acceptors (Lipinski definition) is 4. The Hall–Kier alpha value is -0.160. The third-order valence-corrected chi connectivity index (χ3v) is 3.58. The standard InChI is InChI=1S/C11H23N3O/c1-12-4-6-13(7-5-12)8-9-14-3-2-11(15)10-14/h11,15H,2-10H2,1H3/t11-/m0/s1. The van der Waals surface area contributed by atoms with Crippen LogP contribution in [0.15, 0.2) is 0 Å². The van der Waals surface area contributed by atoms with Crippen molar-refractivity contribution in [3.8, 4) is 0 Å². The van der Waals surface area contributed by atoms with Crippen molar-refractivity contribution in [1.29, 1.82) is 0 Å². The summed E-state index contributed by atoms with van der Waals surface area (Å²) in [6, 6.07) is 0. The van der Waals surface area contributed by atoms with Gasteiger partial charge in [0.15, 0.2) is 0 Å². The van der Waals surface area contributed by atoms with Crippen LogP contribution in [0.1, 0.15) is 6.42 Å². The highest BCUT2D eigenvalue weighted by Gasteiger charge is 2.21. The van der Waals surface area contributed by atoms with Gasteiger partial charge >= 0.3 is 0 Å². The topological polar surface area (TPSA) is 30.0 Å². The molecular formula is C11H23N3O. The molecule has 0 spiro atoms. The molecule has 0 bridgehead atoms. The van der Waals surface area contributed by atoms with Crippen molar-refractivity contribution in [2.24, 2.45) is 0 Å². The van der Waals surface area contributed by atoms with Gasteiger partial charge in [0, 0.05) is 52.4 Å². The maximum Gasteiger partial charge on any atom is 0.0679 e. The molecule has 0 radical (unpaired) electrons. The van der Waals surface area contributed by atoms with Gasteiger partial charge in [0.05, 0.1) is 6.10 Å². The molecule has 0 aromatic rings. The summed E-state index contributed by atoms with van der Waals surface area (Å²) >= 11 is 0. The fourth-order valence-electron chi connectivity index (χ4n) is 2.37. The predicted octanol–water partition coefficient (Wildman–Crippen LogP) is -0.700. The molecule has 4 nitrogen and oxygen atoms in total. The van der Waals surface area contributed by atoms with Crippen LogP contribution >= 0.6 is 0 Å². The van der Waals surface area contributed by atoms with E-state index in [1.165, 1.54) is 32.7 Å². The highest BCUT2D eigenvalue weighted by atomic mass is 16.3. The average molecular weight is 213 g/mol. The van der Waals surface area contributed by atoms with Crippen molar-refractivity contribution in [1.82, 2.24) is 14.7 Å². The smallest absolute Gasteiger partial charge is 0.0679 e. The van der Waals surface area contributed by atoms with E-state index in [1.807, 2.05) is 0 Å². The zero-order valence-electron chi connectivity index (χ0n) is 9.73. The van der Waals surface area contributed by atoms with Gasteiger partial charge in [-0.1, -0.05) is 0 Å². The molecule has 2 aliphatic heterocycles. The van der Waals surface area contributed by atoms with E-state index in [-0.39, 0.29) is 6.10 Å². The van der Waals surface area contributed by atoms with E-state index in [9.17, 15) is 5.11 Å². The van der Waals surface area contributed by atoms with Crippen LogP contribution in [0.2, 0.25) is 0 Å². The van der Waals surface area contributed by atoms with Crippen LogP contribution in [0.3, 0.4) is 0 Å². The molecule has 0 aliphatic carbocycles. The molecule has 2 rings (SSSR count). The Labute approximate surface area is 92.5 Å². The average Bonchev–Trinajstić information content (AvgIpc) is 2.64. The highest BCUT2D eigenvalue weighted by molar-refractivity contribution is 4.76. The maximum absolute atomic E-state index is 9.41. The molecule has 0 saturated carbocycles. The molecular weight excluding hydrogens is 190 g/mol. The van der Waals surface area contributed by atoms with Crippen LogP contribution in [0.25, 0.3) is 0 Å². The fraction of sp³-hybridized carbons (Fsp3) is 1.00. The SMILES string of the molecule is CN1CCN(CCN2CC[C@H](O)C2)CC1. The van der Waals surface area contributed by atoms with Gasteiger partial charge in [-0.25, -0.2) is 0 Å². The molecule has 1 N–H and O–H groups in total. The molecule has 15 heavy (non-hydrogen) atoms. The molecule has 1 atom stereocenters. The molecule has 2 saturated heterocycles. The van der Waals surface area contributed by atoms with Crippen molar-refractivity contribution in [2.45, 2.75) is 12.5 Å². The second-order valence-corrected chi connectivity index (χ2v) is 4.89. The Morgan fingerprint density at radius 2 is 1.67 bits per heavy atom. The summed E-state index contributed by atoms with van der Waals surface area (Å²) in [6.45, 7) is 9.05. The highest BCUT2D eigenvalue weighted by Crippen LogP contribution is 2.08. The third kappa shape index (κ3) is 3.41. The van der Waals surface area contributed by atoms with Crippen molar-refractivity contribution < 1.29 is 5.11 Å². The zero-order valence-corrected chi connectivity index (χ0v) is 9.73. The lowest BCUT2D eigenvalue weighted by Crippen LogP contribution is -2.46. The van der Waals surface area contributed by atoms with Gasteiger partial charge in [0.1, 0.15) is 0 Å². The molecule has 0 amide bonds. The Balaban J connectivity index is 1.61. The number of piperazine rings is 1. The summed E-state index contributed by atoms with van der Waals surface area (Å²) in [7, 11) is 2.19. The summed E-state index contributed by atoms with van der Waals surface area (Å²) in [6.07, 6.45) is 0.889. The minimum absolute atomic E-state index is 0.0718. The van der Waals surface area contributed by atoms with Gasteiger partial charge in [-0.15, -0.1) is 0 Å². The number of aliphatic hydroxyl groups is 1. The molecule has 2 fully saturated rings. The summed E-state index contributed by atoms with van der Waals surface area (Å²) in [5.74, 6) is 0. The van der Waals surface area contributed by atoms with E-state index in [2.05, 4.69) is 21.7 Å². The van der Waals surface area contributed by atoms with Gasteiger partial charge in [-0.3, -0.25) is 9.80 Å². The van der Waals surface area contributed by atoms with Crippen LogP contribution < -0.4 is 0 Å². The van der Waals surface area contributed by atoms with E-state index in [0.717, 1.165) is 26.1 Å². The van der Waals surface area contributed by atoms with E-state index in [0.29, 0.717) is 0 Å². The number of nitrogens with zero attached hydrogens (tertiary/aromatic N) is 3. The summed E-state index contributed by atoms with van der Waals surface area (Å²) in [4.78, 5) is 7.30. The predicted molar refractivity (Wildman–Crippen MR) is 61.0 cm³/mol. The van der Waals surface area contributed by atoms with E-state index in [4.69, 9.17) is 0 Å². The largest absolute Gasteiger partial charge is 0.392 e. The normalized spacial score (nSPS) is 31.2. The van der Waals surface area contributed by atoms with Crippen LogP contribution in [0.5, 0.6) is 0 Å². The van der Waals surface area contributed by atoms with E-state index >= 15 is 0 Å². The Kier molecular flexibility index (Phi) is 3.97. The van der Waals surface area contributed by atoms with Gasteiger partial charge in [-0.2, -0.15) is 0 Å². The molecule has 2 heterocycles. The monoisotopic (exact) mass is 213 g/mol. The van der Waals surface area contributed by atoms with Crippen molar-refractivity contribution in [3.05, 3.63) is 0 Å². The van der Waals surface area contributed by atoms with Gasteiger partial charge < -0.3 is 10.0 Å². The molecule has 4 heteroatoms. The molecule has 0 aromatic carbocycles. The minimum atomic E-state index is -0.0718. The van der Waals surface area contributed by atoms with Crippen LogP contribution in [-0.4, -0.2) is 85.3 Å². The lowest BCUT2D eigenvalue weighted by molar-refractivity contribution is 0.133. The first kappa shape index (κ1) is 11.3. The first-order chi connectivity index (χ1) is 7.24. The molecule has 0 unspecified atom stereocenters. The summed E-state index contributed by atoms with van der Waals surface area (Å²) in [5, 5.41) is 9.41. The maximum atomic E-state index is 9.41. The third-order valence-electron chi connectivity index (χ3n) is 3.58.